The minimum Gasteiger partial charge on any atom is -0.494 e. The Balaban J connectivity index is 1.82. The Hall–Kier alpha value is -2.69. The fourth-order valence-electron chi connectivity index (χ4n) is 2.57. The lowest BCUT2D eigenvalue weighted by atomic mass is 10.0. The molecule has 0 aliphatic heterocycles. The molecule has 0 bridgehead atoms. The van der Waals surface area contributed by atoms with Gasteiger partial charge in [-0.1, -0.05) is 30.3 Å². The molecule has 0 aliphatic carbocycles. The number of alkyl halides is 3. The number of ether oxygens (including phenoxy) is 2. The largest absolute Gasteiger partial charge is 0.494 e. The highest BCUT2D eigenvalue weighted by Crippen LogP contribution is 2.29. The molecule has 0 amide bonds. The SMILES string of the molecule is CCOc1ccc(-c2ccc3cc(OCC(F)(F)F)ccc3c2)cc1. The van der Waals surface area contributed by atoms with Crippen molar-refractivity contribution in [3.05, 3.63) is 60.7 Å². The van der Waals surface area contributed by atoms with E-state index < -0.39 is 12.8 Å². The number of hydrogen-bond acceptors (Lipinski definition) is 2. The first-order valence-corrected chi connectivity index (χ1v) is 7.91. The van der Waals surface area contributed by atoms with Crippen LogP contribution >= 0.6 is 0 Å². The fraction of sp³-hybridized carbons (Fsp3) is 0.200. The third-order valence-electron chi connectivity index (χ3n) is 3.71. The molecule has 0 fully saturated rings. The fourth-order valence-corrected chi connectivity index (χ4v) is 2.57. The van der Waals surface area contributed by atoms with Crippen LogP contribution in [-0.2, 0) is 0 Å². The van der Waals surface area contributed by atoms with Gasteiger partial charge in [-0.3, -0.25) is 0 Å². The van der Waals surface area contributed by atoms with Gasteiger partial charge in [0.2, 0.25) is 0 Å². The summed E-state index contributed by atoms with van der Waals surface area (Å²) in [6.07, 6.45) is -4.34. The smallest absolute Gasteiger partial charge is 0.422 e. The Morgan fingerprint density at radius 2 is 1.32 bits per heavy atom. The number of rotatable bonds is 5. The van der Waals surface area contributed by atoms with Crippen molar-refractivity contribution in [3.8, 4) is 22.6 Å². The summed E-state index contributed by atoms with van der Waals surface area (Å²) in [6.45, 7) is 1.26. The maximum Gasteiger partial charge on any atom is 0.422 e. The zero-order chi connectivity index (χ0) is 17.9. The van der Waals surface area contributed by atoms with Crippen molar-refractivity contribution in [2.24, 2.45) is 0 Å². The third kappa shape index (κ3) is 4.44. The Morgan fingerprint density at radius 3 is 2.00 bits per heavy atom. The lowest BCUT2D eigenvalue weighted by Crippen LogP contribution is -2.19. The van der Waals surface area contributed by atoms with Crippen molar-refractivity contribution >= 4 is 10.8 Å². The van der Waals surface area contributed by atoms with E-state index in [1.807, 2.05) is 49.4 Å². The molecule has 0 saturated heterocycles. The van der Waals surface area contributed by atoms with E-state index in [0.717, 1.165) is 27.6 Å². The minimum absolute atomic E-state index is 0.207. The van der Waals surface area contributed by atoms with E-state index in [9.17, 15) is 13.2 Å². The van der Waals surface area contributed by atoms with Gasteiger partial charge in [0, 0.05) is 0 Å². The van der Waals surface area contributed by atoms with Crippen LogP contribution in [0.5, 0.6) is 11.5 Å². The van der Waals surface area contributed by atoms with Crippen LogP contribution in [0.25, 0.3) is 21.9 Å². The molecule has 3 aromatic rings. The summed E-state index contributed by atoms with van der Waals surface area (Å²) in [6, 6.07) is 18.5. The summed E-state index contributed by atoms with van der Waals surface area (Å²) < 4.78 is 46.9. The molecule has 3 aromatic carbocycles. The van der Waals surface area contributed by atoms with Crippen LogP contribution in [0, 0.1) is 0 Å². The minimum atomic E-state index is -4.34. The van der Waals surface area contributed by atoms with E-state index in [1.165, 1.54) is 0 Å². The van der Waals surface area contributed by atoms with Crippen molar-refractivity contribution < 1.29 is 22.6 Å². The first-order chi connectivity index (χ1) is 11.9. The maximum atomic E-state index is 12.2. The second-order valence-electron chi connectivity index (χ2n) is 5.58. The van der Waals surface area contributed by atoms with Crippen molar-refractivity contribution in [1.29, 1.82) is 0 Å². The highest BCUT2D eigenvalue weighted by atomic mass is 19.4. The molecule has 0 heterocycles. The van der Waals surface area contributed by atoms with Crippen molar-refractivity contribution in [1.82, 2.24) is 0 Å². The van der Waals surface area contributed by atoms with Crippen molar-refractivity contribution in [2.45, 2.75) is 13.1 Å². The van der Waals surface area contributed by atoms with Crippen LogP contribution in [-0.4, -0.2) is 19.4 Å². The van der Waals surface area contributed by atoms with Crippen LogP contribution < -0.4 is 9.47 Å². The average Bonchev–Trinajstić information content (AvgIpc) is 2.60. The predicted octanol–water partition coefficient (Wildman–Crippen LogP) is 5.85. The van der Waals surface area contributed by atoms with E-state index in [0.29, 0.717) is 6.61 Å². The number of hydrogen-bond donors (Lipinski definition) is 0. The predicted molar refractivity (Wildman–Crippen MR) is 92.1 cm³/mol. The topological polar surface area (TPSA) is 18.5 Å². The molecular formula is C20H17F3O2. The van der Waals surface area contributed by atoms with Gasteiger partial charge in [0.25, 0.3) is 0 Å². The lowest BCUT2D eigenvalue weighted by Gasteiger charge is -2.10. The van der Waals surface area contributed by atoms with Crippen LogP contribution in [0.15, 0.2) is 60.7 Å². The van der Waals surface area contributed by atoms with Gasteiger partial charge in [-0.15, -0.1) is 0 Å². The molecule has 130 valence electrons. The van der Waals surface area contributed by atoms with Gasteiger partial charge >= 0.3 is 6.18 Å². The summed E-state index contributed by atoms with van der Waals surface area (Å²) in [4.78, 5) is 0. The van der Waals surface area contributed by atoms with E-state index in [-0.39, 0.29) is 5.75 Å². The summed E-state index contributed by atoms with van der Waals surface area (Å²) in [5.74, 6) is 1.03. The molecular weight excluding hydrogens is 329 g/mol. The summed E-state index contributed by atoms with van der Waals surface area (Å²) in [5.41, 5.74) is 2.07. The van der Waals surface area contributed by atoms with Crippen molar-refractivity contribution in [2.75, 3.05) is 13.2 Å². The number of fused-ring (bicyclic) bond motifs is 1. The van der Waals surface area contributed by atoms with Gasteiger partial charge in [0.1, 0.15) is 11.5 Å². The Morgan fingerprint density at radius 1 is 0.720 bits per heavy atom. The van der Waals surface area contributed by atoms with E-state index >= 15 is 0 Å². The zero-order valence-corrected chi connectivity index (χ0v) is 13.6. The molecule has 0 N–H and O–H groups in total. The quantitative estimate of drug-likeness (QED) is 0.577. The van der Waals surface area contributed by atoms with Gasteiger partial charge in [-0.25, -0.2) is 0 Å². The third-order valence-corrected chi connectivity index (χ3v) is 3.71. The highest BCUT2D eigenvalue weighted by molar-refractivity contribution is 5.88. The van der Waals surface area contributed by atoms with Gasteiger partial charge in [-0.05, 0) is 59.2 Å². The van der Waals surface area contributed by atoms with Crippen LogP contribution in [0.1, 0.15) is 6.92 Å². The maximum absolute atomic E-state index is 12.2. The Labute approximate surface area is 143 Å². The summed E-state index contributed by atoms with van der Waals surface area (Å²) in [7, 11) is 0. The second kappa shape index (κ2) is 7.05. The Bertz CT molecular complexity index is 855. The molecule has 25 heavy (non-hydrogen) atoms. The zero-order valence-electron chi connectivity index (χ0n) is 13.6. The van der Waals surface area contributed by atoms with E-state index in [2.05, 4.69) is 0 Å². The monoisotopic (exact) mass is 346 g/mol. The molecule has 5 heteroatoms. The van der Waals surface area contributed by atoms with Gasteiger partial charge < -0.3 is 9.47 Å². The number of benzene rings is 3. The molecule has 0 spiro atoms. The molecule has 0 radical (unpaired) electrons. The summed E-state index contributed by atoms with van der Waals surface area (Å²) >= 11 is 0. The molecule has 0 atom stereocenters. The Kier molecular flexibility index (Phi) is 4.83. The standard InChI is InChI=1S/C20H17F3O2/c1-2-24-18-8-5-14(6-9-18)15-3-4-17-12-19(10-7-16(17)11-15)25-13-20(21,22)23/h3-12H,2,13H2,1H3. The van der Waals surface area contributed by atoms with Crippen LogP contribution in [0.4, 0.5) is 13.2 Å². The van der Waals surface area contributed by atoms with E-state index in [4.69, 9.17) is 9.47 Å². The van der Waals surface area contributed by atoms with Crippen LogP contribution in [0.3, 0.4) is 0 Å². The van der Waals surface area contributed by atoms with Crippen LogP contribution in [0.2, 0.25) is 0 Å². The van der Waals surface area contributed by atoms with E-state index in [1.54, 1.807) is 18.2 Å². The normalized spacial score (nSPS) is 11.5. The first kappa shape index (κ1) is 17.1. The number of halogens is 3. The molecule has 0 aliphatic rings. The van der Waals surface area contributed by atoms with Gasteiger partial charge in [0.15, 0.2) is 6.61 Å². The molecule has 0 aromatic heterocycles. The lowest BCUT2D eigenvalue weighted by molar-refractivity contribution is -0.153. The molecule has 3 rings (SSSR count). The highest BCUT2D eigenvalue weighted by Gasteiger charge is 2.28. The molecule has 0 unspecified atom stereocenters. The molecule has 2 nitrogen and oxygen atoms in total. The second-order valence-corrected chi connectivity index (χ2v) is 5.58. The summed E-state index contributed by atoms with van der Waals surface area (Å²) in [5, 5.41) is 1.76. The average molecular weight is 346 g/mol. The van der Waals surface area contributed by atoms with Crippen molar-refractivity contribution in [3.63, 3.8) is 0 Å². The molecule has 0 saturated carbocycles. The van der Waals surface area contributed by atoms with Gasteiger partial charge in [0.05, 0.1) is 6.61 Å². The first-order valence-electron chi connectivity index (χ1n) is 7.91. The van der Waals surface area contributed by atoms with Gasteiger partial charge in [-0.2, -0.15) is 13.2 Å².